The number of ether oxygens (including phenoxy) is 1. The normalized spacial score (nSPS) is 11.8. The number of rotatable bonds is 11. The van der Waals surface area contributed by atoms with Crippen LogP contribution in [0.25, 0.3) is 0 Å². The molecule has 2 rings (SSSR count). The molecule has 1 heterocycles. The van der Waals surface area contributed by atoms with E-state index >= 15 is 0 Å². The van der Waals surface area contributed by atoms with Gasteiger partial charge in [0.25, 0.3) is 11.8 Å². The maximum atomic E-state index is 12.5. The SMILES string of the molecule is CCCN(CC)C(CNC(=O)c1ccc(OCc2cc(C)nc(C)c2)cc1)C(=O)NO. The number of nitrogens with one attached hydrogen (secondary N) is 2. The van der Waals surface area contributed by atoms with Crippen molar-refractivity contribution in [3.8, 4) is 5.75 Å². The van der Waals surface area contributed by atoms with Gasteiger partial charge in [-0.05, 0) is 75.3 Å². The molecule has 3 N–H and O–H groups in total. The summed E-state index contributed by atoms with van der Waals surface area (Å²) in [4.78, 5) is 30.8. The molecular formula is C23H32N4O4. The van der Waals surface area contributed by atoms with Gasteiger partial charge in [0.05, 0.1) is 0 Å². The molecule has 0 saturated carbocycles. The van der Waals surface area contributed by atoms with Gasteiger partial charge in [-0.3, -0.25) is 24.7 Å². The Morgan fingerprint density at radius 3 is 2.32 bits per heavy atom. The molecule has 1 aromatic heterocycles. The highest BCUT2D eigenvalue weighted by molar-refractivity contribution is 5.94. The van der Waals surface area contributed by atoms with Crippen LogP contribution in [-0.2, 0) is 11.4 Å². The third kappa shape index (κ3) is 7.34. The zero-order chi connectivity index (χ0) is 22.8. The Kier molecular flexibility index (Phi) is 9.42. The molecule has 0 fully saturated rings. The van der Waals surface area contributed by atoms with Crippen molar-refractivity contribution in [2.24, 2.45) is 0 Å². The standard InChI is InChI=1S/C23H32N4O4/c1-5-11-27(6-2)21(23(29)26-30)14-24-22(28)19-7-9-20(10-8-19)31-15-18-12-16(3)25-17(4)13-18/h7-10,12-13,21,30H,5-6,11,14-15H2,1-4H3,(H,24,28)(H,26,29). The number of benzene rings is 1. The summed E-state index contributed by atoms with van der Waals surface area (Å²) in [6.45, 7) is 9.66. The maximum absolute atomic E-state index is 12.5. The predicted octanol–water partition coefficient (Wildman–Crippen LogP) is 2.61. The van der Waals surface area contributed by atoms with E-state index in [1.807, 2.05) is 44.7 Å². The number of nitrogens with zero attached hydrogens (tertiary/aromatic N) is 2. The van der Waals surface area contributed by atoms with Crippen LogP contribution < -0.4 is 15.5 Å². The molecule has 1 atom stereocenters. The van der Waals surface area contributed by atoms with E-state index in [0.717, 1.165) is 23.4 Å². The highest BCUT2D eigenvalue weighted by atomic mass is 16.5. The Labute approximate surface area is 183 Å². The van der Waals surface area contributed by atoms with Crippen molar-refractivity contribution >= 4 is 11.8 Å². The molecule has 0 aliphatic carbocycles. The number of hydroxylamine groups is 1. The van der Waals surface area contributed by atoms with Gasteiger partial charge in [0.1, 0.15) is 18.4 Å². The first-order chi connectivity index (χ1) is 14.9. The fourth-order valence-electron chi connectivity index (χ4n) is 3.45. The number of hydrogen-bond acceptors (Lipinski definition) is 6. The number of hydrogen-bond donors (Lipinski definition) is 3. The van der Waals surface area contributed by atoms with Crippen LogP contribution in [0.5, 0.6) is 5.75 Å². The van der Waals surface area contributed by atoms with Crippen LogP contribution in [0.4, 0.5) is 0 Å². The van der Waals surface area contributed by atoms with Crippen LogP contribution in [0.2, 0.25) is 0 Å². The first-order valence-electron chi connectivity index (χ1n) is 10.5. The van der Waals surface area contributed by atoms with Crippen LogP contribution >= 0.6 is 0 Å². The van der Waals surface area contributed by atoms with Crippen LogP contribution in [0.3, 0.4) is 0 Å². The lowest BCUT2D eigenvalue weighted by molar-refractivity contribution is -0.134. The van der Waals surface area contributed by atoms with Gasteiger partial charge in [0.15, 0.2) is 0 Å². The zero-order valence-corrected chi connectivity index (χ0v) is 18.6. The number of pyridine rings is 1. The summed E-state index contributed by atoms with van der Waals surface area (Å²) in [7, 11) is 0. The molecule has 0 aliphatic rings. The molecule has 2 amide bonds. The van der Waals surface area contributed by atoms with Gasteiger partial charge in [-0.15, -0.1) is 0 Å². The van der Waals surface area contributed by atoms with E-state index < -0.39 is 11.9 Å². The van der Waals surface area contributed by atoms with Crippen molar-refractivity contribution in [3.05, 3.63) is 58.9 Å². The average Bonchev–Trinajstić information content (AvgIpc) is 2.76. The summed E-state index contributed by atoms with van der Waals surface area (Å²) in [5, 5.41) is 11.8. The van der Waals surface area contributed by atoms with Gasteiger partial charge in [0.2, 0.25) is 0 Å². The second kappa shape index (κ2) is 12.0. The Morgan fingerprint density at radius 2 is 1.77 bits per heavy atom. The maximum Gasteiger partial charge on any atom is 0.262 e. The van der Waals surface area contributed by atoms with E-state index in [1.165, 1.54) is 0 Å². The van der Waals surface area contributed by atoms with Gasteiger partial charge in [-0.25, -0.2) is 5.48 Å². The highest BCUT2D eigenvalue weighted by Gasteiger charge is 2.25. The molecule has 31 heavy (non-hydrogen) atoms. The van der Waals surface area contributed by atoms with Gasteiger partial charge in [-0.1, -0.05) is 13.8 Å². The minimum Gasteiger partial charge on any atom is -0.489 e. The van der Waals surface area contributed by atoms with Crippen molar-refractivity contribution < 1.29 is 19.5 Å². The molecular weight excluding hydrogens is 396 g/mol. The van der Waals surface area contributed by atoms with Crippen molar-refractivity contribution in [2.75, 3.05) is 19.6 Å². The lowest BCUT2D eigenvalue weighted by atomic mass is 10.1. The summed E-state index contributed by atoms with van der Waals surface area (Å²) in [5.74, 6) is -0.183. The highest BCUT2D eigenvalue weighted by Crippen LogP contribution is 2.15. The molecule has 0 bridgehead atoms. The smallest absolute Gasteiger partial charge is 0.262 e. The van der Waals surface area contributed by atoms with Crippen molar-refractivity contribution in [3.63, 3.8) is 0 Å². The van der Waals surface area contributed by atoms with E-state index in [9.17, 15) is 9.59 Å². The lowest BCUT2D eigenvalue weighted by Crippen LogP contribution is -2.52. The van der Waals surface area contributed by atoms with Crippen LogP contribution in [0, 0.1) is 13.8 Å². The van der Waals surface area contributed by atoms with E-state index in [1.54, 1.807) is 29.7 Å². The van der Waals surface area contributed by atoms with Crippen LogP contribution in [-0.4, -0.2) is 52.6 Å². The number of carbonyl (C=O) groups excluding carboxylic acids is 2. The van der Waals surface area contributed by atoms with Gasteiger partial charge in [-0.2, -0.15) is 0 Å². The Morgan fingerprint density at radius 1 is 1.13 bits per heavy atom. The fraction of sp³-hybridized carbons (Fsp3) is 0.435. The fourth-order valence-corrected chi connectivity index (χ4v) is 3.45. The molecule has 1 aromatic carbocycles. The van der Waals surface area contributed by atoms with Crippen molar-refractivity contribution in [1.29, 1.82) is 0 Å². The quantitative estimate of drug-likeness (QED) is 0.375. The van der Waals surface area contributed by atoms with Crippen molar-refractivity contribution in [1.82, 2.24) is 20.7 Å². The largest absolute Gasteiger partial charge is 0.489 e. The summed E-state index contributed by atoms with van der Waals surface area (Å²) in [5.41, 5.74) is 5.08. The van der Waals surface area contributed by atoms with Gasteiger partial charge in [0, 0.05) is 23.5 Å². The van der Waals surface area contributed by atoms with Gasteiger partial charge < -0.3 is 10.1 Å². The van der Waals surface area contributed by atoms with Crippen LogP contribution in [0.1, 0.15) is 47.6 Å². The van der Waals surface area contributed by atoms with E-state index in [0.29, 0.717) is 31.0 Å². The summed E-state index contributed by atoms with van der Waals surface area (Å²) < 4.78 is 5.81. The average molecular weight is 429 g/mol. The number of aromatic nitrogens is 1. The second-order valence-corrected chi connectivity index (χ2v) is 7.40. The van der Waals surface area contributed by atoms with Crippen LogP contribution in [0.15, 0.2) is 36.4 Å². The summed E-state index contributed by atoms with van der Waals surface area (Å²) in [6.07, 6.45) is 0.858. The minimum absolute atomic E-state index is 0.0953. The molecule has 8 nitrogen and oxygen atoms in total. The molecule has 1 unspecified atom stereocenters. The minimum atomic E-state index is -0.645. The zero-order valence-electron chi connectivity index (χ0n) is 18.6. The third-order valence-corrected chi connectivity index (χ3v) is 4.89. The molecule has 0 spiro atoms. The molecule has 0 radical (unpaired) electrons. The topological polar surface area (TPSA) is 104 Å². The first kappa shape index (κ1) is 24.3. The molecule has 2 aromatic rings. The summed E-state index contributed by atoms with van der Waals surface area (Å²) in [6, 6.07) is 10.1. The lowest BCUT2D eigenvalue weighted by Gasteiger charge is -2.28. The van der Waals surface area contributed by atoms with E-state index in [-0.39, 0.29) is 12.5 Å². The number of aryl methyl sites for hydroxylation is 2. The molecule has 8 heteroatoms. The predicted molar refractivity (Wildman–Crippen MR) is 118 cm³/mol. The monoisotopic (exact) mass is 428 g/mol. The molecule has 168 valence electrons. The second-order valence-electron chi connectivity index (χ2n) is 7.40. The van der Waals surface area contributed by atoms with E-state index in [4.69, 9.17) is 9.94 Å². The Bertz CT molecular complexity index is 850. The number of likely N-dealkylation sites (N-methyl/N-ethyl adjacent to an activating group) is 1. The number of amides is 2. The Hall–Kier alpha value is -2.97. The first-order valence-corrected chi connectivity index (χ1v) is 10.5. The van der Waals surface area contributed by atoms with Gasteiger partial charge >= 0.3 is 0 Å². The van der Waals surface area contributed by atoms with E-state index in [2.05, 4.69) is 10.3 Å². The summed E-state index contributed by atoms with van der Waals surface area (Å²) >= 11 is 0. The van der Waals surface area contributed by atoms with Crippen molar-refractivity contribution in [2.45, 2.75) is 46.8 Å². The number of carbonyl (C=O) groups is 2. The Balaban J connectivity index is 1.95. The molecule has 0 saturated heterocycles. The molecule has 0 aliphatic heterocycles. The third-order valence-electron chi connectivity index (χ3n) is 4.89.